The summed E-state index contributed by atoms with van der Waals surface area (Å²) in [7, 11) is 0. The molecule has 0 aliphatic carbocycles. The number of nitrogens with two attached hydrogens (primary N) is 1. The molecule has 8 heteroatoms. The first kappa shape index (κ1) is 11.7. The van der Waals surface area contributed by atoms with Gasteiger partial charge in [0.05, 0.1) is 18.0 Å². The average molecular weight is 239 g/mol. The predicted octanol–water partition coefficient (Wildman–Crippen LogP) is -1.71. The van der Waals surface area contributed by atoms with Gasteiger partial charge in [0.1, 0.15) is 6.10 Å². The Morgan fingerprint density at radius 2 is 2.18 bits per heavy atom. The van der Waals surface area contributed by atoms with E-state index in [9.17, 15) is 15.0 Å². The fraction of sp³-hybridized carbons (Fsp3) is 0.444. The fourth-order valence-corrected chi connectivity index (χ4v) is 1.45. The van der Waals surface area contributed by atoms with Crippen molar-refractivity contribution >= 4 is 11.7 Å². The minimum Gasteiger partial charge on any atom is -0.390 e. The molecule has 2 heterocycles. The van der Waals surface area contributed by atoms with E-state index in [1.54, 1.807) is 0 Å². The number of nitrogens with one attached hydrogen (secondary N) is 2. The van der Waals surface area contributed by atoms with Crippen molar-refractivity contribution in [3.8, 4) is 0 Å². The van der Waals surface area contributed by atoms with E-state index in [4.69, 9.17) is 5.73 Å². The van der Waals surface area contributed by atoms with Crippen LogP contribution < -0.4 is 16.4 Å². The second kappa shape index (κ2) is 4.24. The summed E-state index contributed by atoms with van der Waals surface area (Å²) in [6.07, 6.45) is -1.61. The van der Waals surface area contributed by atoms with Crippen LogP contribution in [0.3, 0.4) is 0 Å². The molecule has 0 aromatic carbocycles. The molecule has 2 rings (SSSR count). The number of anilines is 1. The Labute approximate surface area is 96.9 Å². The van der Waals surface area contributed by atoms with Crippen LogP contribution in [-0.2, 0) is 0 Å². The van der Waals surface area contributed by atoms with Gasteiger partial charge in [-0.15, -0.1) is 0 Å². The molecule has 6 N–H and O–H groups in total. The summed E-state index contributed by atoms with van der Waals surface area (Å²) in [5.74, 6) is -0.221. The SMILES string of the molecule is C[C@H](O)[C@H](O)c1cnc2c(n1)C(=O)NC(N)N2. The summed E-state index contributed by atoms with van der Waals surface area (Å²) in [5.41, 5.74) is 5.66. The van der Waals surface area contributed by atoms with Crippen molar-refractivity contribution in [1.29, 1.82) is 0 Å². The van der Waals surface area contributed by atoms with Crippen molar-refractivity contribution in [2.75, 3.05) is 5.32 Å². The minimum atomic E-state index is -1.18. The first-order valence-electron chi connectivity index (χ1n) is 5.05. The van der Waals surface area contributed by atoms with E-state index in [0.717, 1.165) is 0 Å². The van der Waals surface area contributed by atoms with Crippen LogP contribution in [0.2, 0.25) is 0 Å². The first-order chi connectivity index (χ1) is 7.99. The first-order valence-corrected chi connectivity index (χ1v) is 5.05. The number of hydrogen-bond donors (Lipinski definition) is 5. The molecule has 1 unspecified atom stereocenters. The number of nitrogens with zero attached hydrogens (tertiary/aromatic N) is 2. The number of aliphatic hydroxyl groups excluding tert-OH is 2. The van der Waals surface area contributed by atoms with E-state index in [-0.39, 0.29) is 17.2 Å². The number of carbonyl (C=O) groups excluding carboxylic acids is 1. The number of amides is 1. The highest BCUT2D eigenvalue weighted by Crippen LogP contribution is 2.19. The summed E-state index contributed by atoms with van der Waals surface area (Å²) in [5, 5.41) is 24.0. The van der Waals surface area contributed by atoms with Gasteiger partial charge in [0, 0.05) is 0 Å². The topological polar surface area (TPSA) is 133 Å². The Kier molecular flexibility index (Phi) is 2.92. The highest BCUT2D eigenvalue weighted by atomic mass is 16.3. The molecule has 0 saturated heterocycles. The molecule has 0 fully saturated rings. The molecule has 1 aliphatic rings. The zero-order chi connectivity index (χ0) is 12.6. The van der Waals surface area contributed by atoms with Crippen LogP contribution in [0.25, 0.3) is 0 Å². The van der Waals surface area contributed by atoms with Crippen LogP contribution in [0.1, 0.15) is 29.2 Å². The Morgan fingerprint density at radius 3 is 2.82 bits per heavy atom. The van der Waals surface area contributed by atoms with E-state index < -0.39 is 24.4 Å². The molecular formula is C9H13N5O3. The molecule has 0 saturated carbocycles. The lowest BCUT2D eigenvalue weighted by atomic mass is 10.1. The second-order valence-corrected chi connectivity index (χ2v) is 3.77. The molecular weight excluding hydrogens is 226 g/mol. The van der Waals surface area contributed by atoms with Gasteiger partial charge in [-0.1, -0.05) is 0 Å². The van der Waals surface area contributed by atoms with Gasteiger partial charge in [0.25, 0.3) is 5.91 Å². The van der Waals surface area contributed by atoms with Gasteiger partial charge in [0.15, 0.2) is 17.8 Å². The zero-order valence-electron chi connectivity index (χ0n) is 9.08. The normalized spacial score (nSPS) is 22.1. The van der Waals surface area contributed by atoms with E-state index in [0.29, 0.717) is 0 Å². The predicted molar refractivity (Wildman–Crippen MR) is 57.7 cm³/mol. The lowest BCUT2D eigenvalue weighted by Crippen LogP contribution is -2.51. The standard InChI is InChI=1S/C9H13N5O3/c1-3(15)6(16)4-2-11-7-5(12-4)8(17)14-9(10)13-7/h2-3,6,9,15-16H,10H2,1H3,(H,11,13)(H,14,17)/t3-,6-,9?/m0/s1. The van der Waals surface area contributed by atoms with Gasteiger partial charge in [-0.25, -0.2) is 9.97 Å². The number of rotatable bonds is 2. The molecule has 0 radical (unpaired) electrons. The van der Waals surface area contributed by atoms with E-state index >= 15 is 0 Å². The molecule has 0 spiro atoms. The number of hydrogen-bond acceptors (Lipinski definition) is 7. The van der Waals surface area contributed by atoms with Crippen molar-refractivity contribution in [3.05, 3.63) is 17.6 Å². The molecule has 0 bridgehead atoms. The second-order valence-electron chi connectivity index (χ2n) is 3.77. The molecule has 1 amide bonds. The quantitative estimate of drug-likeness (QED) is 0.415. The molecule has 8 nitrogen and oxygen atoms in total. The molecule has 92 valence electrons. The van der Waals surface area contributed by atoms with Gasteiger partial charge in [-0.2, -0.15) is 0 Å². The van der Waals surface area contributed by atoms with Crippen molar-refractivity contribution in [2.24, 2.45) is 5.73 Å². The van der Waals surface area contributed by atoms with Gasteiger partial charge in [0.2, 0.25) is 0 Å². The lowest BCUT2D eigenvalue weighted by molar-refractivity contribution is 0.0274. The molecule has 1 aliphatic heterocycles. The monoisotopic (exact) mass is 239 g/mol. The number of aromatic nitrogens is 2. The van der Waals surface area contributed by atoms with Crippen LogP contribution in [-0.4, -0.2) is 38.5 Å². The summed E-state index contributed by atoms with van der Waals surface area (Å²) in [6, 6.07) is 0. The van der Waals surface area contributed by atoms with Gasteiger partial charge >= 0.3 is 0 Å². The number of carbonyl (C=O) groups is 1. The minimum absolute atomic E-state index is 0.0453. The summed E-state index contributed by atoms with van der Waals surface area (Å²) < 4.78 is 0. The molecule has 1 aromatic rings. The smallest absolute Gasteiger partial charge is 0.276 e. The zero-order valence-corrected chi connectivity index (χ0v) is 9.08. The van der Waals surface area contributed by atoms with Crippen LogP contribution in [0.5, 0.6) is 0 Å². The van der Waals surface area contributed by atoms with Crippen LogP contribution >= 0.6 is 0 Å². The van der Waals surface area contributed by atoms with Gasteiger partial charge in [-0.05, 0) is 6.92 Å². The highest BCUT2D eigenvalue weighted by Gasteiger charge is 2.26. The third-order valence-electron chi connectivity index (χ3n) is 2.34. The van der Waals surface area contributed by atoms with Gasteiger partial charge < -0.3 is 20.8 Å². The highest BCUT2D eigenvalue weighted by molar-refractivity contribution is 5.98. The number of fused-ring (bicyclic) bond motifs is 1. The van der Waals surface area contributed by atoms with Gasteiger partial charge in [-0.3, -0.25) is 10.5 Å². The lowest BCUT2D eigenvalue weighted by Gasteiger charge is -2.23. The summed E-state index contributed by atoms with van der Waals surface area (Å²) in [6.45, 7) is 1.42. The maximum absolute atomic E-state index is 11.6. The van der Waals surface area contributed by atoms with Crippen molar-refractivity contribution in [1.82, 2.24) is 15.3 Å². The van der Waals surface area contributed by atoms with E-state index in [2.05, 4.69) is 20.6 Å². The van der Waals surface area contributed by atoms with Crippen LogP contribution in [0, 0.1) is 0 Å². The van der Waals surface area contributed by atoms with E-state index in [1.807, 2.05) is 0 Å². The molecule has 1 aromatic heterocycles. The summed E-state index contributed by atoms with van der Waals surface area (Å²) >= 11 is 0. The average Bonchev–Trinajstić information content (AvgIpc) is 2.27. The van der Waals surface area contributed by atoms with E-state index in [1.165, 1.54) is 13.1 Å². The maximum Gasteiger partial charge on any atom is 0.276 e. The fourth-order valence-electron chi connectivity index (χ4n) is 1.45. The van der Waals surface area contributed by atoms with Crippen molar-refractivity contribution in [2.45, 2.75) is 25.4 Å². The molecule has 17 heavy (non-hydrogen) atoms. The Hall–Kier alpha value is -1.77. The summed E-state index contributed by atoms with van der Waals surface area (Å²) in [4.78, 5) is 19.4. The van der Waals surface area contributed by atoms with Crippen molar-refractivity contribution in [3.63, 3.8) is 0 Å². The molecule has 3 atom stereocenters. The van der Waals surface area contributed by atoms with Crippen molar-refractivity contribution < 1.29 is 15.0 Å². The number of aliphatic hydroxyl groups is 2. The third kappa shape index (κ3) is 2.18. The van der Waals surface area contributed by atoms with Crippen LogP contribution in [0.15, 0.2) is 6.20 Å². The maximum atomic E-state index is 11.6. The third-order valence-corrected chi connectivity index (χ3v) is 2.34. The van der Waals surface area contributed by atoms with Crippen LogP contribution in [0.4, 0.5) is 5.82 Å². The Bertz CT molecular complexity index is 450. The Balaban J connectivity index is 2.37. The Morgan fingerprint density at radius 1 is 1.47 bits per heavy atom. The largest absolute Gasteiger partial charge is 0.390 e.